The van der Waals surface area contributed by atoms with Gasteiger partial charge < -0.3 is 9.73 Å². The smallest absolute Gasteiger partial charge is 0.125 e. The van der Waals surface area contributed by atoms with Crippen LogP contribution in [0.25, 0.3) is 0 Å². The van der Waals surface area contributed by atoms with Gasteiger partial charge in [-0.25, -0.2) is 0 Å². The van der Waals surface area contributed by atoms with E-state index in [1.165, 1.54) is 0 Å². The minimum Gasteiger partial charge on any atom is -0.467 e. The van der Waals surface area contributed by atoms with Gasteiger partial charge >= 0.3 is 0 Å². The topological polar surface area (TPSA) is 25.2 Å². The van der Waals surface area contributed by atoms with E-state index in [1.807, 2.05) is 37.4 Å². The number of nitrogens with one attached hydrogen (secondary N) is 1. The Morgan fingerprint density at radius 1 is 1.38 bits per heavy atom. The first-order valence-electron chi connectivity index (χ1n) is 4.88. The van der Waals surface area contributed by atoms with Crippen molar-refractivity contribution in [1.29, 1.82) is 0 Å². The van der Waals surface area contributed by atoms with Gasteiger partial charge in [-0.05, 0) is 36.9 Å². The van der Waals surface area contributed by atoms with Crippen LogP contribution in [0.2, 0.25) is 5.02 Å². The summed E-state index contributed by atoms with van der Waals surface area (Å²) in [5, 5.41) is 3.93. The Morgan fingerprint density at radius 2 is 2.19 bits per heavy atom. The average Bonchev–Trinajstić information content (AvgIpc) is 2.75. The van der Waals surface area contributed by atoms with Gasteiger partial charge in [0.05, 0.1) is 12.3 Å². The quantitative estimate of drug-likeness (QED) is 0.926. The minimum atomic E-state index is 0.0293. The maximum atomic E-state index is 5.92. The zero-order valence-electron chi connectivity index (χ0n) is 8.71. The number of furan rings is 1. The van der Waals surface area contributed by atoms with Crippen molar-refractivity contribution in [3.8, 4) is 0 Å². The van der Waals surface area contributed by atoms with Crippen LogP contribution in [-0.2, 0) is 0 Å². The summed E-state index contributed by atoms with van der Waals surface area (Å²) in [6.07, 6.45) is 1.67. The second-order valence-corrected chi connectivity index (χ2v) is 4.69. The number of hydrogen-bond donors (Lipinski definition) is 1. The lowest BCUT2D eigenvalue weighted by Crippen LogP contribution is -2.17. The molecule has 0 fully saturated rings. The van der Waals surface area contributed by atoms with E-state index in [0.29, 0.717) is 5.02 Å². The van der Waals surface area contributed by atoms with Crippen LogP contribution in [0.4, 0.5) is 0 Å². The van der Waals surface area contributed by atoms with Crippen molar-refractivity contribution in [3.05, 3.63) is 57.4 Å². The molecule has 0 bridgehead atoms. The maximum absolute atomic E-state index is 5.92. The van der Waals surface area contributed by atoms with Crippen molar-refractivity contribution in [2.24, 2.45) is 0 Å². The Hall–Kier alpha value is -0.770. The van der Waals surface area contributed by atoms with E-state index in [1.54, 1.807) is 6.26 Å². The Balaban J connectivity index is 2.41. The molecular formula is C12H11BrClNO. The van der Waals surface area contributed by atoms with Gasteiger partial charge in [0.1, 0.15) is 5.76 Å². The molecule has 1 N–H and O–H groups in total. The van der Waals surface area contributed by atoms with Crippen LogP contribution >= 0.6 is 27.5 Å². The SMILES string of the molecule is CNC(c1ccco1)c1ccc(Cl)cc1Br. The monoisotopic (exact) mass is 299 g/mol. The molecule has 1 unspecified atom stereocenters. The molecule has 2 nitrogen and oxygen atoms in total. The molecule has 0 aliphatic rings. The molecule has 1 aromatic heterocycles. The molecule has 1 heterocycles. The number of benzene rings is 1. The standard InChI is InChI=1S/C12H11BrClNO/c1-15-12(11-3-2-6-16-11)9-5-4-8(14)7-10(9)13/h2-7,12,15H,1H3. The second-order valence-electron chi connectivity index (χ2n) is 3.40. The van der Waals surface area contributed by atoms with Gasteiger partial charge in [0.25, 0.3) is 0 Å². The van der Waals surface area contributed by atoms with Crippen LogP contribution in [-0.4, -0.2) is 7.05 Å². The molecule has 0 saturated carbocycles. The molecule has 2 aromatic rings. The molecule has 16 heavy (non-hydrogen) atoms. The van der Waals surface area contributed by atoms with E-state index in [0.717, 1.165) is 15.8 Å². The largest absolute Gasteiger partial charge is 0.467 e. The van der Waals surface area contributed by atoms with Crippen LogP contribution < -0.4 is 5.32 Å². The third-order valence-corrected chi connectivity index (χ3v) is 3.31. The van der Waals surface area contributed by atoms with E-state index in [4.69, 9.17) is 16.0 Å². The van der Waals surface area contributed by atoms with Crippen molar-refractivity contribution in [3.63, 3.8) is 0 Å². The third-order valence-electron chi connectivity index (χ3n) is 2.39. The highest BCUT2D eigenvalue weighted by atomic mass is 79.9. The summed E-state index contributed by atoms with van der Waals surface area (Å²) in [6.45, 7) is 0. The molecule has 0 spiro atoms. The zero-order valence-corrected chi connectivity index (χ0v) is 11.0. The summed E-state index contributed by atoms with van der Waals surface area (Å²) >= 11 is 9.42. The Kier molecular flexibility index (Phi) is 3.69. The third kappa shape index (κ3) is 2.32. The van der Waals surface area contributed by atoms with Crippen molar-refractivity contribution < 1.29 is 4.42 Å². The normalized spacial score (nSPS) is 12.7. The van der Waals surface area contributed by atoms with Gasteiger partial charge in [0, 0.05) is 9.50 Å². The summed E-state index contributed by atoms with van der Waals surface area (Å²) in [5.74, 6) is 0.880. The molecule has 0 aliphatic carbocycles. The fourth-order valence-electron chi connectivity index (χ4n) is 1.64. The average molecular weight is 301 g/mol. The van der Waals surface area contributed by atoms with Crippen LogP contribution in [0.3, 0.4) is 0 Å². The van der Waals surface area contributed by atoms with Gasteiger partial charge in [0.15, 0.2) is 0 Å². The lowest BCUT2D eigenvalue weighted by atomic mass is 10.1. The molecular weight excluding hydrogens is 289 g/mol. The number of rotatable bonds is 3. The molecule has 4 heteroatoms. The highest BCUT2D eigenvalue weighted by molar-refractivity contribution is 9.10. The fraction of sp³-hybridized carbons (Fsp3) is 0.167. The highest BCUT2D eigenvalue weighted by Crippen LogP contribution is 2.30. The van der Waals surface area contributed by atoms with Crippen molar-refractivity contribution in [1.82, 2.24) is 5.32 Å². The lowest BCUT2D eigenvalue weighted by molar-refractivity contribution is 0.462. The molecule has 0 aliphatic heterocycles. The number of hydrogen-bond acceptors (Lipinski definition) is 2. The number of halogens is 2. The van der Waals surface area contributed by atoms with Crippen LogP contribution in [0.1, 0.15) is 17.4 Å². The van der Waals surface area contributed by atoms with E-state index < -0.39 is 0 Å². The molecule has 0 amide bonds. The van der Waals surface area contributed by atoms with Gasteiger partial charge in [0.2, 0.25) is 0 Å². The van der Waals surface area contributed by atoms with E-state index in [2.05, 4.69) is 21.2 Å². The Labute approximate surface area is 108 Å². The first-order valence-corrected chi connectivity index (χ1v) is 6.05. The van der Waals surface area contributed by atoms with Crippen molar-refractivity contribution in [2.45, 2.75) is 6.04 Å². The van der Waals surface area contributed by atoms with Crippen LogP contribution in [0.5, 0.6) is 0 Å². The summed E-state index contributed by atoms with van der Waals surface area (Å²) in [6, 6.07) is 9.59. The molecule has 1 atom stereocenters. The van der Waals surface area contributed by atoms with Crippen LogP contribution in [0, 0.1) is 0 Å². The van der Waals surface area contributed by atoms with E-state index >= 15 is 0 Å². The Morgan fingerprint density at radius 3 is 2.75 bits per heavy atom. The van der Waals surface area contributed by atoms with Gasteiger partial charge in [-0.1, -0.05) is 33.6 Å². The van der Waals surface area contributed by atoms with Crippen LogP contribution in [0.15, 0.2) is 45.5 Å². The molecule has 0 saturated heterocycles. The predicted molar refractivity (Wildman–Crippen MR) is 68.8 cm³/mol. The fourth-order valence-corrected chi connectivity index (χ4v) is 2.55. The summed E-state index contributed by atoms with van der Waals surface area (Å²) in [5.41, 5.74) is 1.10. The molecule has 0 radical (unpaired) electrons. The van der Waals surface area contributed by atoms with Gasteiger partial charge in [-0.3, -0.25) is 0 Å². The maximum Gasteiger partial charge on any atom is 0.125 e. The first-order chi connectivity index (χ1) is 7.72. The minimum absolute atomic E-state index is 0.0293. The van der Waals surface area contributed by atoms with Crippen molar-refractivity contribution in [2.75, 3.05) is 7.05 Å². The van der Waals surface area contributed by atoms with Gasteiger partial charge in [-0.15, -0.1) is 0 Å². The summed E-state index contributed by atoms with van der Waals surface area (Å²) in [4.78, 5) is 0. The van der Waals surface area contributed by atoms with E-state index in [-0.39, 0.29) is 6.04 Å². The summed E-state index contributed by atoms with van der Waals surface area (Å²) in [7, 11) is 1.90. The predicted octanol–water partition coefficient (Wildman–Crippen LogP) is 4.00. The Bertz CT molecular complexity index is 470. The van der Waals surface area contributed by atoms with Gasteiger partial charge in [-0.2, -0.15) is 0 Å². The highest BCUT2D eigenvalue weighted by Gasteiger charge is 2.17. The molecule has 84 valence electrons. The first kappa shape index (κ1) is 11.7. The van der Waals surface area contributed by atoms with E-state index in [9.17, 15) is 0 Å². The second kappa shape index (κ2) is 5.04. The van der Waals surface area contributed by atoms with Crippen molar-refractivity contribution >= 4 is 27.5 Å². The summed E-state index contributed by atoms with van der Waals surface area (Å²) < 4.78 is 6.38. The molecule has 1 aromatic carbocycles. The molecule has 2 rings (SSSR count). The lowest BCUT2D eigenvalue weighted by Gasteiger charge is -2.15. The zero-order chi connectivity index (χ0) is 11.5.